The van der Waals surface area contributed by atoms with Crippen LogP contribution in [0.2, 0.25) is 0 Å². The van der Waals surface area contributed by atoms with Gasteiger partial charge in [-0.2, -0.15) is 0 Å². The van der Waals surface area contributed by atoms with Gasteiger partial charge in [-0.1, -0.05) is 18.2 Å². The number of hydrogen-bond donors (Lipinski definition) is 2. The highest BCUT2D eigenvalue weighted by Gasteiger charge is 2.02. The molecular weight excluding hydrogens is 240 g/mol. The highest BCUT2D eigenvalue weighted by Crippen LogP contribution is 2.14. The average Bonchev–Trinajstić information content (AvgIpc) is 2.34. The van der Waals surface area contributed by atoms with E-state index in [0.717, 1.165) is 37.4 Å². The molecule has 0 bridgehead atoms. The summed E-state index contributed by atoms with van der Waals surface area (Å²) in [7, 11) is 0. The van der Waals surface area contributed by atoms with Crippen molar-refractivity contribution in [1.82, 2.24) is 5.32 Å². The van der Waals surface area contributed by atoms with Crippen LogP contribution in [-0.4, -0.2) is 25.2 Å². The fourth-order valence-electron chi connectivity index (χ4n) is 1.73. The molecule has 1 rings (SSSR count). The summed E-state index contributed by atoms with van der Waals surface area (Å²) in [5.74, 6) is -0.0437. The van der Waals surface area contributed by atoms with Crippen molar-refractivity contribution in [2.24, 2.45) is 0 Å². The van der Waals surface area contributed by atoms with Gasteiger partial charge in [0, 0.05) is 25.8 Å². The van der Waals surface area contributed by atoms with Gasteiger partial charge in [0.25, 0.3) is 0 Å². The Morgan fingerprint density at radius 1 is 1.32 bits per heavy atom. The number of carbonyl (C=O) groups is 1. The lowest BCUT2D eigenvalue weighted by atomic mass is 10.1. The van der Waals surface area contributed by atoms with Gasteiger partial charge in [-0.15, -0.1) is 0 Å². The highest BCUT2D eigenvalue weighted by atomic mass is 16.5. The van der Waals surface area contributed by atoms with Crippen molar-refractivity contribution in [1.29, 1.82) is 0 Å². The normalized spacial score (nSPS) is 10.7. The molecule has 0 radical (unpaired) electrons. The number of nitrogens with one attached hydrogen (secondary N) is 2. The van der Waals surface area contributed by atoms with E-state index in [2.05, 4.69) is 10.6 Å². The van der Waals surface area contributed by atoms with Crippen molar-refractivity contribution in [2.75, 3.05) is 18.5 Å². The molecule has 4 nitrogen and oxygen atoms in total. The quantitative estimate of drug-likeness (QED) is 0.709. The van der Waals surface area contributed by atoms with Gasteiger partial charge < -0.3 is 15.4 Å². The fourth-order valence-corrected chi connectivity index (χ4v) is 1.73. The Kier molecular flexibility index (Phi) is 7.15. The maximum absolute atomic E-state index is 11.1. The van der Waals surface area contributed by atoms with E-state index in [9.17, 15) is 4.79 Å². The third-order valence-corrected chi connectivity index (χ3v) is 2.59. The van der Waals surface area contributed by atoms with Crippen LogP contribution in [0.25, 0.3) is 0 Å². The molecule has 106 valence electrons. The fraction of sp³-hybridized carbons (Fsp3) is 0.533. The van der Waals surface area contributed by atoms with Crippen LogP contribution in [0.5, 0.6) is 0 Å². The van der Waals surface area contributed by atoms with Crippen LogP contribution in [0.4, 0.5) is 5.69 Å². The van der Waals surface area contributed by atoms with E-state index < -0.39 is 0 Å². The molecule has 0 unspecified atom stereocenters. The van der Waals surface area contributed by atoms with Crippen LogP contribution in [0.3, 0.4) is 0 Å². The molecule has 0 aliphatic rings. The maximum Gasteiger partial charge on any atom is 0.221 e. The van der Waals surface area contributed by atoms with Gasteiger partial charge in [0.2, 0.25) is 5.91 Å². The maximum atomic E-state index is 11.1. The van der Waals surface area contributed by atoms with Crippen LogP contribution in [0.1, 0.15) is 32.8 Å². The molecule has 1 aromatic carbocycles. The van der Waals surface area contributed by atoms with Gasteiger partial charge in [-0.05, 0) is 38.4 Å². The third kappa shape index (κ3) is 6.94. The summed E-state index contributed by atoms with van der Waals surface area (Å²) >= 11 is 0. The SMILES string of the molecule is CC(=O)Nc1ccccc1CNCCCOC(C)C. The summed E-state index contributed by atoms with van der Waals surface area (Å²) in [5, 5.41) is 6.19. The second-order valence-electron chi connectivity index (χ2n) is 4.79. The second kappa shape index (κ2) is 8.67. The lowest BCUT2D eigenvalue weighted by molar-refractivity contribution is -0.114. The number of rotatable bonds is 8. The molecule has 0 aliphatic carbocycles. The van der Waals surface area contributed by atoms with Crippen molar-refractivity contribution in [3.05, 3.63) is 29.8 Å². The molecule has 0 saturated carbocycles. The largest absolute Gasteiger partial charge is 0.379 e. The van der Waals surface area contributed by atoms with E-state index in [0.29, 0.717) is 6.10 Å². The van der Waals surface area contributed by atoms with Crippen LogP contribution in [0, 0.1) is 0 Å². The van der Waals surface area contributed by atoms with Crippen LogP contribution < -0.4 is 10.6 Å². The van der Waals surface area contributed by atoms with Crippen molar-refractivity contribution in [3.63, 3.8) is 0 Å². The highest BCUT2D eigenvalue weighted by molar-refractivity contribution is 5.89. The average molecular weight is 264 g/mol. The summed E-state index contributed by atoms with van der Waals surface area (Å²) < 4.78 is 5.47. The standard InChI is InChI=1S/C15H24N2O2/c1-12(2)19-10-6-9-16-11-14-7-4-5-8-15(14)17-13(3)18/h4-5,7-8,12,16H,6,9-11H2,1-3H3,(H,17,18). The number of hydrogen-bond acceptors (Lipinski definition) is 3. The van der Waals surface area contributed by atoms with Gasteiger partial charge in [0.05, 0.1) is 6.10 Å². The first-order valence-electron chi connectivity index (χ1n) is 6.77. The molecule has 4 heteroatoms. The second-order valence-corrected chi connectivity index (χ2v) is 4.79. The molecule has 0 aliphatic heterocycles. The number of para-hydroxylation sites is 1. The van der Waals surface area contributed by atoms with E-state index in [1.165, 1.54) is 6.92 Å². The Labute approximate surface area is 115 Å². The first kappa shape index (κ1) is 15.7. The van der Waals surface area contributed by atoms with Crippen molar-refractivity contribution in [2.45, 2.75) is 39.8 Å². The lowest BCUT2D eigenvalue weighted by Crippen LogP contribution is -2.18. The molecule has 1 aromatic rings. The van der Waals surface area contributed by atoms with E-state index in [4.69, 9.17) is 4.74 Å². The minimum absolute atomic E-state index is 0.0437. The molecule has 1 amide bonds. The molecule has 2 N–H and O–H groups in total. The Bertz CT molecular complexity index is 391. The molecule has 0 aromatic heterocycles. The predicted molar refractivity (Wildman–Crippen MR) is 78.2 cm³/mol. The van der Waals surface area contributed by atoms with Gasteiger partial charge in [0.1, 0.15) is 0 Å². The molecule has 0 spiro atoms. The van der Waals surface area contributed by atoms with E-state index >= 15 is 0 Å². The first-order valence-corrected chi connectivity index (χ1v) is 6.77. The number of benzene rings is 1. The molecular formula is C15H24N2O2. The summed E-state index contributed by atoms with van der Waals surface area (Å²) in [6.07, 6.45) is 1.28. The first-order chi connectivity index (χ1) is 9.09. The molecule has 0 heterocycles. The molecule has 0 atom stereocenters. The van der Waals surface area contributed by atoms with Crippen LogP contribution in [0.15, 0.2) is 24.3 Å². The zero-order chi connectivity index (χ0) is 14.1. The Morgan fingerprint density at radius 2 is 2.05 bits per heavy atom. The van der Waals surface area contributed by atoms with Crippen molar-refractivity contribution in [3.8, 4) is 0 Å². The van der Waals surface area contributed by atoms with Crippen LogP contribution >= 0.6 is 0 Å². The monoisotopic (exact) mass is 264 g/mol. The van der Waals surface area contributed by atoms with Crippen molar-refractivity contribution < 1.29 is 9.53 Å². The zero-order valence-corrected chi connectivity index (χ0v) is 12.0. The van der Waals surface area contributed by atoms with Gasteiger partial charge in [0.15, 0.2) is 0 Å². The lowest BCUT2D eigenvalue weighted by Gasteiger charge is -2.11. The summed E-state index contributed by atoms with van der Waals surface area (Å²) in [6, 6.07) is 7.83. The van der Waals surface area contributed by atoms with Crippen LogP contribution in [-0.2, 0) is 16.1 Å². The Hall–Kier alpha value is -1.39. The number of anilines is 1. The summed E-state index contributed by atoms with van der Waals surface area (Å²) in [5.41, 5.74) is 1.98. The van der Waals surface area contributed by atoms with Gasteiger partial charge >= 0.3 is 0 Å². The Morgan fingerprint density at radius 3 is 2.74 bits per heavy atom. The van der Waals surface area contributed by atoms with Gasteiger partial charge in [-0.3, -0.25) is 4.79 Å². The van der Waals surface area contributed by atoms with Gasteiger partial charge in [-0.25, -0.2) is 0 Å². The van der Waals surface area contributed by atoms with Crippen molar-refractivity contribution >= 4 is 11.6 Å². The summed E-state index contributed by atoms with van der Waals surface area (Å²) in [6.45, 7) is 8.03. The minimum atomic E-state index is -0.0437. The van der Waals surface area contributed by atoms with E-state index in [1.54, 1.807) is 0 Å². The zero-order valence-electron chi connectivity index (χ0n) is 12.0. The minimum Gasteiger partial charge on any atom is -0.379 e. The van der Waals surface area contributed by atoms with E-state index in [1.807, 2.05) is 38.1 Å². The number of amides is 1. The topological polar surface area (TPSA) is 50.4 Å². The number of carbonyl (C=O) groups excluding carboxylic acids is 1. The predicted octanol–water partition coefficient (Wildman–Crippen LogP) is 2.55. The smallest absolute Gasteiger partial charge is 0.221 e. The Balaban J connectivity index is 2.30. The molecule has 0 fully saturated rings. The molecule has 19 heavy (non-hydrogen) atoms. The van der Waals surface area contributed by atoms with E-state index in [-0.39, 0.29) is 5.91 Å². The summed E-state index contributed by atoms with van der Waals surface area (Å²) in [4.78, 5) is 11.1. The number of ether oxygens (including phenoxy) is 1. The third-order valence-electron chi connectivity index (χ3n) is 2.59. The molecule has 0 saturated heterocycles.